The van der Waals surface area contributed by atoms with Crippen LogP contribution in [-0.2, 0) is 4.79 Å². The van der Waals surface area contributed by atoms with E-state index >= 15 is 0 Å². The number of nitrogens with one attached hydrogen (secondary N) is 2. The van der Waals surface area contributed by atoms with Gasteiger partial charge in [-0.25, -0.2) is 0 Å². The van der Waals surface area contributed by atoms with E-state index in [1.807, 2.05) is 66.4 Å². The Balaban J connectivity index is 1.47. The number of quaternary nitrogens is 1. The normalized spacial score (nSPS) is 15.0. The van der Waals surface area contributed by atoms with Crippen LogP contribution < -0.4 is 10.2 Å². The van der Waals surface area contributed by atoms with E-state index < -0.39 is 0 Å². The number of anilines is 1. The van der Waals surface area contributed by atoms with Gasteiger partial charge in [-0.2, -0.15) is 0 Å². The zero-order valence-electron chi connectivity index (χ0n) is 14.5. The molecule has 130 valence electrons. The molecule has 0 radical (unpaired) electrons. The second-order valence-corrected chi connectivity index (χ2v) is 6.50. The standard InChI is InChI=1S/C20H23N3O2/c1-16-6-5-9-18(14-16)21-19(24)15-22-10-12-23(13-11-22)20(25)17-7-3-2-4-8-17/h2-9,14H,10-13,15H2,1H3,(H,21,24)/p+1. The lowest BCUT2D eigenvalue weighted by atomic mass is 10.2. The summed E-state index contributed by atoms with van der Waals surface area (Å²) >= 11 is 0. The van der Waals surface area contributed by atoms with Crippen LogP contribution in [0.2, 0.25) is 0 Å². The van der Waals surface area contributed by atoms with Gasteiger partial charge < -0.3 is 15.1 Å². The molecule has 0 unspecified atom stereocenters. The summed E-state index contributed by atoms with van der Waals surface area (Å²) in [4.78, 5) is 27.7. The van der Waals surface area contributed by atoms with E-state index in [9.17, 15) is 9.59 Å². The summed E-state index contributed by atoms with van der Waals surface area (Å²) in [6, 6.07) is 17.2. The molecule has 1 aliphatic rings. The van der Waals surface area contributed by atoms with Crippen molar-refractivity contribution >= 4 is 17.5 Å². The number of hydrogen-bond acceptors (Lipinski definition) is 2. The number of aryl methyl sites for hydroxylation is 1. The number of benzene rings is 2. The minimum absolute atomic E-state index is 0.0171. The van der Waals surface area contributed by atoms with Gasteiger partial charge in [0.2, 0.25) is 0 Å². The van der Waals surface area contributed by atoms with Crippen LogP contribution in [0, 0.1) is 6.92 Å². The number of rotatable bonds is 4. The Labute approximate surface area is 148 Å². The molecule has 0 bridgehead atoms. The zero-order valence-corrected chi connectivity index (χ0v) is 14.5. The Morgan fingerprint density at radius 1 is 1.04 bits per heavy atom. The third-order valence-electron chi connectivity index (χ3n) is 4.49. The topological polar surface area (TPSA) is 53.9 Å². The van der Waals surface area contributed by atoms with E-state index in [-0.39, 0.29) is 11.8 Å². The highest BCUT2D eigenvalue weighted by Crippen LogP contribution is 2.09. The Bertz CT molecular complexity index is 738. The fraction of sp³-hybridized carbons (Fsp3) is 0.300. The van der Waals surface area contributed by atoms with Crippen LogP contribution in [0.25, 0.3) is 0 Å². The van der Waals surface area contributed by atoms with Gasteiger partial charge in [-0.05, 0) is 36.8 Å². The first-order valence-corrected chi connectivity index (χ1v) is 8.66. The first-order chi connectivity index (χ1) is 12.1. The number of piperazine rings is 1. The number of carbonyl (C=O) groups excluding carboxylic acids is 2. The van der Waals surface area contributed by atoms with Gasteiger partial charge >= 0.3 is 0 Å². The maximum Gasteiger partial charge on any atom is 0.279 e. The summed E-state index contributed by atoms with van der Waals surface area (Å²) in [5, 5.41) is 2.95. The molecule has 0 atom stereocenters. The van der Waals surface area contributed by atoms with Crippen molar-refractivity contribution < 1.29 is 14.5 Å². The molecule has 2 aromatic carbocycles. The minimum atomic E-state index is 0.0171. The molecule has 1 saturated heterocycles. The van der Waals surface area contributed by atoms with Gasteiger partial charge in [0.05, 0.1) is 26.2 Å². The van der Waals surface area contributed by atoms with Gasteiger partial charge in [0, 0.05) is 11.3 Å². The van der Waals surface area contributed by atoms with Crippen LogP contribution in [0.15, 0.2) is 54.6 Å². The lowest BCUT2D eigenvalue weighted by Gasteiger charge is -2.32. The quantitative estimate of drug-likeness (QED) is 0.873. The Morgan fingerprint density at radius 3 is 2.44 bits per heavy atom. The molecule has 1 aliphatic heterocycles. The van der Waals surface area contributed by atoms with Crippen LogP contribution in [0.4, 0.5) is 5.69 Å². The van der Waals surface area contributed by atoms with Gasteiger partial charge in [-0.15, -0.1) is 0 Å². The zero-order chi connectivity index (χ0) is 17.6. The lowest BCUT2D eigenvalue weighted by Crippen LogP contribution is -3.15. The molecule has 25 heavy (non-hydrogen) atoms. The molecular weight excluding hydrogens is 314 g/mol. The van der Waals surface area contributed by atoms with E-state index in [0.717, 1.165) is 29.9 Å². The summed E-state index contributed by atoms with van der Waals surface area (Å²) in [6.45, 7) is 5.38. The van der Waals surface area contributed by atoms with Gasteiger partial charge in [0.15, 0.2) is 6.54 Å². The fourth-order valence-electron chi connectivity index (χ4n) is 3.12. The van der Waals surface area contributed by atoms with E-state index in [0.29, 0.717) is 19.6 Å². The van der Waals surface area contributed by atoms with E-state index in [1.54, 1.807) is 0 Å². The second kappa shape index (κ2) is 7.94. The monoisotopic (exact) mass is 338 g/mol. The van der Waals surface area contributed by atoms with Crippen molar-refractivity contribution in [2.24, 2.45) is 0 Å². The molecule has 0 saturated carbocycles. The average molecular weight is 338 g/mol. The van der Waals surface area contributed by atoms with E-state index in [4.69, 9.17) is 0 Å². The highest BCUT2D eigenvalue weighted by Gasteiger charge is 2.25. The van der Waals surface area contributed by atoms with Gasteiger partial charge in [-0.1, -0.05) is 30.3 Å². The summed E-state index contributed by atoms with van der Waals surface area (Å²) in [6.07, 6.45) is 0. The number of carbonyl (C=O) groups is 2. The van der Waals surface area contributed by atoms with Crippen molar-refractivity contribution in [2.75, 3.05) is 38.0 Å². The Kier molecular flexibility index (Phi) is 5.46. The summed E-state index contributed by atoms with van der Waals surface area (Å²) < 4.78 is 0. The van der Waals surface area contributed by atoms with Crippen molar-refractivity contribution in [1.82, 2.24) is 4.90 Å². The number of hydrogen-bond donors (Lipinski definition) is 2. The molecular formula is C20H24N3O2+. The van der Waals surface area contributed by atoms with Crippen LogP contribution in [-0.4, -0.2) is 49.4 Å². The van der Waals surface area contributed by atoms with E-state index in [2.05, 4.69) is 5.32 Å². The molecule has 5 heteroatoms. The molecule has 2 aromatic rings. The van der Waals surface area contributed by atoms with Crippen molar-refractivity contribution in [3.8, 4) is 0 Å². The third-order valence-corrected chi connectivity index (χ3v) is 4.49. The van der Waals surface area contributed by atoms with Crippen LogP contribution in [0.1, 0.15) is 15.9 Å². The minimum Gasteiger partial charge on any atom is -0.327 e. The maximum atomic E-state index is 12.4. The van der Waals surface area contributed by atoms with Crippen LogP contribution in [0.3, 0.4) is 0 Å². The summed E-state index contributed by atoms with van der Waals surface area (Å²) in [7, 11) is 0. The molecule has 1 heterocycles. The first kappa shape index (κ1) is 17.2. The average Bonchev–Trinajstić information content (AvgIpc) is 2.62. The van der Waals surface area contributed by atoms with Crippen molar-refractivity contribution in [1.29, 1.82) is 0 Å². The largest absolute Gasteiger partial charge is 0.327 e. The molecule has 0 aliphatic carbocycles. The van der Waals surface area contributed by atoms with Crippen LogP contribution >= 0.6 is 0 Å². The smallest absolute Gasteiger partial charge is 0.279 e. The van der Waals surface area contributed by atoms with E-state index in [1.165, 1.54) is 4.90 Å². The highest BCUT2D eigenvalue weighted by atomic mass is 16.2. The summed E-state index contributed by atoms with van der Waals surface area (Å²) in [5.74, 6) is 0.0901. The number of amides is 2. The molecule has 1 fully saturated rings. The fourth-order valence-corrected chi connectivity index (χ4v) is 3.12. The molecule has 2 amide bonds. The van der Waals surface area contributed by atoms with Gasteiger partial charge in [0.1, 0.15) is 0 Å². The molecule has 3 rings (SSSR count). The molecule has 0 aromatic heterocycles. The molecule has 5 nitrogen and oxygen atoms in total. The maximum absolute atomic E-state index is 12.4. The van der Waals surface area contributed by atoms with Crippen molar-refractivity contribution in [3.05, 3.63) is 65.7 Å². The van der Waals surface area contributed by atoms with Crippen molar-refractivity contribution in [2.45, 2.75) is 6.92 Å². The predicted molar refractivity (Wildman–Crippen MR) is 97.7 cm³/mol. The number of nitrogens with zero attached hydrogens (tertiary/aromatic N) is 1. The lowest BCUT2D eigenvalue weighted by molar-refractivity contribution is -0.895. The second-order valence-electron chi connectivity index (χ2n) is 6.50. The molecule has 2 N–H and O–H groups in total. The van der Waals surface area contributed by atoms with Gasteiger partial charge in [-0.3, -0.25) is 9.59 Å². The predicted octanol–water partition coefficient (Wildman–Crippen LogP) is 0.974. The molecule has 0 spiro atoms. The van der Waals surface area contributed by atoms with Crippen LogP contribution in [0.5, 0.6) is 0 Å². The SMILES string of the molecule is Cc1cccc(NC(=O)C[NH+]2CCN(C(=O)c3ccccc3)CC2)c1. The first-order valence-electron chi connectivity index (χ1n) is 8.66. The van der Waals surface area contributed by atoms with Crippen molar-refractivity contribution in [3.63, 3.8) is 0 Å². The van der Waals surface area contributed by atoms with Gasteiger partial charge in [0.25, 0.3) is 11.8 Å². The third kappa shape index (κ3) is 4.67. The highest BCUT2D eigenvalue weighted by molar-refractivity contribution is 5.94. The summed E-state index contributed by atoms with van der Waals surface area (Å²) in [5.41, 5.74) is 2.68. The Hall–Kier alpha value is -2.66. The Morgan fingerprint density at radius 2 is 1.76 bits per heavy atom.